The normalized spacial score (nSPS) is 9.83. The fourth-order valence-electron chi connectivity index (χ4n) is 5.40. The number of hydrogen-bond donors (Lipinski definition) is 0. The SMILES string of the molecule is CCOCC.F[B-](F)(F)F.[C-]#[O+].[CH-]=C(OCCCl)c1ccccc1.[Pt+2].c1ccc(P(c2ccccc2)c2ccccc2)cc1.c1ccc(P(c2ccccc2)c2ccccc2)cc1. The Labute approximate surface area is 393 Å². The molecule has 0 amide bonds. The Morgan fingerprint density at radius 1 is 0.492 bits per heavy atom. The molecular formula is C51H50BClF4O3P2Pt. The molecule has 0 aliphatic carbocycles. The van der Waals surface area contributed by atoms with E-state index >= 15 is 0 Å². The summed E-state index contributed by atoms with van der Waals surface area (Å²) in [6.45, 7) is 16.2. The molecule has 7 rings (SSSR count). The molecule has 0 unspecified atom stereocenters. The maximum Gasteiger partial charge on any atom is 2.00 e. The zero-order chi connectivity index (χ0) is 45.3. The minimum atomic E-state index is -6.00. The van der Waals surface area contributed by atoms with Crippen LogP contribution in [0.5, 0.6) is 0 Å². The minimum Gasteiger partial charge on any atom is -0.530 e. The van der Waals surface area contributed by atoms with Crippen molar-refractivity contribution in [3.05, 3.63) is 231 Å². The average molecular weight is 1090 g/mol. The molecule has 330 valence electrons. The van der Waals surface area contributed by atoms with E-state index in [1.54, 1.807) is 0 Å². The topological polar surface area (TPSA) is 38.4 Å². The van der Waals surface area contributed by atoms with Crippen LogP contribution in [0.1, 0.15) is 19.4 Å². The van der Waals surface area contributed by atoms with Crippen molar-refractivity contribution in [1.82, 2.24) is 0 Å². The van der Waals surface area contributed by atoms with Crippen molar-refractivity contribution >= 4 is 72.3 Å². The third-order valence-electron chi connectivity index (χ3n) is 7.89. The van der Waals surface area contributed by atoms with Crippen LogP contribution >= 0.6 is 27.4 Å². The zero-order valence-electron chi connectivity index (χ0n) is 35.0. The monoisotopic (exact) mass is 1090 g/mol. The second-order valence-corrected chi connectivity index (χ2v) is 17.0. The first-order chi connectivity index (χ1) is 30.2. The van der Waals surface area contributed by atoms with E-state index in [2.05, 4.69) is 189 Å². The van der Waals surface area contributed by atoms with E-state index in [1.165, 1.54) is 31.8 Å². The molecule has 63 heavy (non-hydrogen) atoms. The van der Waals surface area contributed by atoms with Gasteiger partial charge in [-0.3, -0.25) is 0 Å². The van der Waals surface area contributed by atoms with Gasteiger partial charge in [-0.15, -0.1) is 29.3 Å². The second-order valence-electron chi connectivity index (χ2n) is 12.2. The molecular weight excluding hydrogens is 1040 g/mol. The van der Waals surface area contributed by atoms with Gasteiger partial charge >= 0.3 is 39.6 Å². The summed E-state index contributed by atoms with van der Waals surface area (Å²) in [5.74, 6) is 0.879. The summed E-state index contributed by atoms with van der Waals surface area (Å²) in [6.07, 6.45) is 0. The fraction of sp³-hybridized carbons (Fsp3) is 0.118. The minimum absolute atomic E-state index is 0. The summed E-state index contributed by atoms with van der Waals surface area (Å²) >= 11 is 5.44. The van der Waals surface area contributed by atoms with Crippen LogP contribution in [0.15, 0.2) is 212 Å². The van der Waals surface area contributed by atoms with E-state index in [0.29, 0.717) is 18.2 Å². The Balaban J connectivity index is 0.000000423. The van der Waals surface area contributed by atoms with Crippen LogP contribution in [0.3, 0.4) is 0 Å². The molecule has 0 aliphatic rings. The van der Waals surface area contributed by atoms with Gasteiger partial charge in [0.25, 0.3) is 0 Å². The summed E-state index contributed by atoms with van der Waals surface area (Å²) in [5, 5.41) is 8.39. The fourth-order valence-corrected chi connectivity index (χ4v) is 10.1. The zero-order valence-corrected chi connectivity index (χ0v) is 39.8. The third-order valence-corrected chi connectivity index (χ3v) is 12.9. The molecule has 7 aromatic carbocycles. The van der Waals surface area contributed by atoms with Crippen LogP contribution in [0.2, 0.25) is 0 Å². The molecule has 0 aromatic heterocycles. The summed E-state index contributed by atoms with van der Waals surface area (Å²) in [4.78, 5) is 0. The molecule has 0 aliphatic heterocycles. The first-order valence-electron chi connectivity index (χ1n) is 19.6. The molecule has 0 spiro atoms. The molecule has 0 radical (unpaired) electrons. The Morgan fingerprint density at radius 3 is 0.873 bits per heavy atom. The number of benzene rings is 7. The summed E-state index contributed by atoms with van der Waals surface area (Å²) in [7, 11) is -6.89. The van der Waals surface area contributed by atoms with Gasteiger partial charge in [0.05, 0.1) is 12.5 Å². The molecule has 0 bridgehead atoms. The first-order valence-corrected chi connectivity index (χ1v) is 22.8. The van der Waals surface area contributed by atoms with Gasteiger partial charge < -0.3 is 26.7 Å². The number of alkyl halides is 1. The van der Waals surface area contributed by atoms with Gasteiger partial charge in [-0.2, -0.15) is 0 Å². The van der Waals surface area contributed by atoms with E-state index in [1.807, 2.05) is 44.2 Å². The van der Waals surface area contributed by atoms with Crippen LogP contribution in [-0.2, 0) is 35.2 Å². The molecule has 0 saturated carbocycles. The summed E-state index contributed by atoms with van der Waals surface area (Å²) in [6, 6.07) is 74.2. The van der Waals surface area contributed by atoms with Gasteiger partial charge in [0, 0.05) is 13.2 Å². The molecule has 0 heterocycles. The van der Waals surface area contributed by atoms with Gasteiger partial charge in [0.1, 0.15) is 0 Å². The number of halogens is 5. The average Bonchev–Trinajstić information content (AvgIpc) is 3.32. The van der Waals surface area contributed by atoms with E-state index in [4.69, 9.17) is 32.3 Å². The van der Waals surface area contributed by atoms with E-state index in [-0.39, 0.29) is 21.1 Å². The Kier molecular flexibility index (Phi) is 31.2. The number of hydrogen-bond acceptors (Lipinski definition) is 2. The molecule has 0 atom stereocenters. The third kappa shape index (κ3) is 24.2. The Hall–Kier alpha value is -4.60. The molecule has 0 fully saturated rings. The van der Waals surface area contributed by atoms with E-state index in [0.717, 1.165) is 18.8 Å². The standard InChI is InChI=1S/2C18H15P.C10H10ClO.C4H10O.CO.BF4.Pt/c2*1-4-10-16(11-5-1)19(17-12-6-2-7-13-17)18-14-8-3-9-15-18;1-9(12-8-7-11)10-5-3-2-4-6-10;1-3-5-4-2;1-2;2-1(3,4)5;/h2*1-15H;1-6H,7-8H2;3-4H2,1-2H3;;;/q;;-1;;;-1;+2. The largest absolute Gasteiger partial charge is 2.00 e. The van der Waals surface area contributed by atoms with Crippen LogP contribution < -0.4 is 31.8 Å². The molecule has 0 saturated heterocycles. The van der Waals surface area contributed by atoms with Crippen molar-refractivity contribution < 1.29 is 52.5 Å². The molecule has 0 N–H and O–H groups in total. The molecule has 3 nitrogen and oxygen atoms in total. The number of rotatable bonds is 12. The second kappa shape index (κ2) is 34.8. The van der Waals surface area contributed by atoms with E-state index in [9.17, 15) is 17.3 Å². The van der Waals surface area contributed by atoms with Crippen molar-refractivity contribution in [1.29, 1.82) is 0 Å². The predicted octanol–water partition coefficient (Wildman–Crippen LogP) is 11.9. The van der Waals surface area contributed by atoms with Gasteiger partial charge in [0.2, 0.25) is 0 Å². The quantitative estimate of drug-likeness (QED) is 0.0233. The van der Waals surface area contributed by atoms with Crippen LogP contribution in [0.4, 0.5) is 17.3 Å². The van der Waals surface area contributed by atoms with Gasteiger partial charge in [0.15, 0.2) is 0 Å². The van der Waals surface area contributed by atoms with Crippen molar-refractivity contribution in [2.75, 3.05) is 25.7 Å². The van der Waals surface area contributed by atoms with Crippen molar-refractivity contribution in [2.45, 2.75) is 13.8 Å². The van der Waals surface area contributed by atoms with Gasteiger partial charge in [-0.25, -0.2) is 6.58 Å². The predicted molar refractivity (Wildman–Crippen MR) is 257 cm³/mol. The van der Waals surface area contributed by atoms with Crippen LogP contribution in [-0.4, -0.2) is 33.0 Å². The smallest absolute Gasteiger partial charge is 0.530 e. The Bertz CT molecular complexity index is 1850. The maximum absolute atomic E-state index is 9.75. The Morgan fingerprint density at radius 2 is 0.698 bits per heavy atom. The van der Waals surface area contributed by atoms with Crippen molar-refractivity contribution in [2.24, 2.45) is 0 Å². The molecule has 12 heteroatoms. The van der Waals surface area contributed by atoms with Gasteiger partial charge in [-0.05, 0) is 67.3 Å². The summed E-state index contributed by atoms with van der Waals surface area (Å²) < 4.78 is 56.5. The van der Waals surface area contributed by atoms with Crippen molar-refractivity contribution in [3.63, 3.8) is 0 Å². The van der Waals surface area contributed by atoms with Crippen LogP contribution in [0.25, 0.3) is 5.76 Å². The van der Waals surface area contributed by atoms with Gasteiger partial charge in [-0.1, -0.05) is 200 Å². The van der Waals surface area contributed by atoms with Crippen LogP contribution in [0, 0.1) is 13.2 Å². The van der Waals surface area contributed by atoms with Crippen molar-refractivity contribution in [3.8, 4) is 0 Å². The molecule has 7 aromatic rings. The summed E-state index contributed by atoms with van der Waals surface area (Å²) in [5.41, 5.74) is 0.891. The van der Waals surface area contributed by atoms with E-state index < -0.39 is 23.1 Å². The maximum atomic E-state index is 9.75. The first kappa shape index (κ1) is 56.4. The number of ether oxygens (including phenoxy) is 2.